The van der Waals surface area contributed by atoms with Crippen molar-refractivity contribution in [1.82, 2.24) is 4.98 Å². The van der Waals surface area contributed by atoms with Crippen LogP contribution in [0.4, 0.5) is 5.13 Å². The number of anilines is 1. The number of ether oxygens (including phenoxy) is 1. The lowest BCUT2D eigenvalue weighted by atomic mass is 10.1. The number of benzene rings is 1. The molecule has 1 aromatic carbocycles. The molecule has 0 radical (unpaired) electrons. The average molecular weight is 374 g/mol. The number of piperidine rings is 1. The zero-order valence-corrected chi connectivity index (χ0v) is 14.6. The van der Waals surface area contributed by atoms with Crippen LogP contribution < -0.4 is 14.8 Å². The molecule has 1 fully saturated rings. The Bertz CT molecular complexity index is 786. The van der Waals surface area contributed by atoms with Gasteiger partial charge < -0.3 is 9.64 Å². The first-order valence-electron chi connectivity index (χ1n) is 7.08. The van der Waals surface area contributed by atoms with Crippen LogP contribution in [-0.4, -0.2) is 32.6 Å². The lowest BCUT2D eigenvalue weighted by Gasteiger charge is -2.32. The highest BCUT2D eigenvalue weighted by Gasteiger charge is 2.24. The van der Waals surface area contributed by atoms with Crippen LogP contribution in [0, 0.1) is 0 Å². The lowest BCUT2D eigenvalue weighted by Crippen LogP contribution is -2.38. The fraction of sp³-hybridized carbons (Fsp3) is 0.357. The topological polar surface area (TPSA) is 85.5 Å². The molecule has 23 heavy (non-hydrogen) atoms. The zero-order chi connectivity index (χ0) is 16.4. The molecule has 1 aromatic heterocycles. The maximum absolute atomic E-state index is 11.3. The van der Waals surface area contributed by atoms with Gasteiger partial charge in [-0.2, -0.15) is 0 Å². The van der Waals surface area contributed by atoms with Crippen LogP contribution in [0.3, 0.4) is 0 Å². The number of hydrogen-bond acceptors (Lipinski definition) is 6. The number of nitrogens with two attached hydrogens (primary N) is 1. The van der Waals surface area contributed by atoms with Crippen LogP contribution in [0.2, 0.25) is 5.02 Å². The van der Waals surface area contributed by atoms with Crippen LogP contribution >= 0.6 is 22.9 Å². The predicted molar refractivity (Wildman–Crippen MR) is 90.8 cm³/mol. The van der Waals surface area contributed by atoms with Crippen molar-refractivity contribution in [3.05, 3.63) is 35.5 Å². The van der Waals surface area contributed by atoms with E-state index >= 15 is 0 Å². The Morgan fingerprint density at radius 1 is 1.30 bits per heavy atom. The lowest BCUT2D eigenvalue weighted by molar-refractivity contribution is 0.171. The van der Waals surface area contributed by atoms with Crippen molar-refractivity contribution in [3.8, 4) is 5.75 Å². The molecule has 0 bridgehead atoms. The van der Waals surface area contributed by atoms with Crippen molar-refractivity contribution in [2.45, 2.75) is 23.2 Å². The molecule has 0 atom stereocenters. The first-order chi connectivity index (χ1) is 10.9. The highest BCUT2D eigenvalue weighted by atomic mass is 35.5. The van der Waals surface area contributed by atoms with Crippen molar-refractivity contribution >= 4 is 38.1 Å². The van der Waals surface area contributed by atoms with Crippen molar-refractivity contribution in [1.29, 1.82) is 0 Å². The molecular formula is C14H16ClN3O3S2. The highest BCUT2D eigenvalue weighted by Crippen LogP contribution is 2.30. The SMILES string of the molecule is NS(=O)(=O)c1cnc(N2CCC(Oc3ccccc3Cl)CC2)s1. The number of thiazole rings is 1. The Labute approximate surface area is 143 Å². The minimum Gasteiger partial charge on any atom is -0.489 e. The van der Waals surface area contributed by atoms with Gasteiger partial charge in [0.1, 0.15) is 11.9 Å². The van der Waals surface area contributed by atoms with Gasteiger partial charge in [-0.3, -0.25) is 0 Å². The molecule has 6 nitrogen and oxygen atoms in total. The molecule has 0 unspecified atom stereocenters. The van der Waals surface area contributed by atoms with Crippen molar-refractivity contribution in [3.63, 3.8) is 0 Å². The minimum atomic E-state index is -3.69. The maximum Gasteiger partial charge on any atom is 0.249 e. The molecular weight excluding hydrogens is 358 g/mol. The van der Waals surface area contributed by atoms with Crippen LogP contribution in [0.1, 0.15) is 12.8 Å². The van der Waals surface area contributed by atoms with E-state index in [-0.39, 0.29) is 10.3 Å². The molecule has 0 amide bonds. The third kappa shape index (κ3) is 3.95. The summed E-state index contributed by atoms with van der Waals surface area (Å²) >= 11 is 7.19. The van der Waals surface area contributed by atoms with Crippen LogP contribution in [0.25, 0.3) is 0 Å². The monoisotopic (exact) mass is 373 g/mol. The quantitative estimate of drug-likeness (QED) is 0.889. The average Bonchev–Trinajstić information content (AvgIpc) is 3.00. The normalized spacial score (nSPS) is 16.5. The van der Waals surface area contributed by atoms with Gasteiger partial charge in [0.2, 0.25) is 10.0 Å². The zero-order valence-electron chi connectivity index (χ0n) is 12.2. The van der Waals surface area contributed by atoms with Gasteiger partial charge in [0.15, 0.2) is 9.34 Å². The number of hydrogen-bond donors (Lipinski definition) is 1. The summed E-state index contributed by atoms with van der Waals surface area (Å²) in [7, 11) is -3.69. The van der Waals surface area contributed by atoms with Gasteiger partial charge in [0.25, 0.3) is 0 Å². The highest BCUT2D eigenvalue weighted by molar-refractivity contribution is 7.91. The molecule has 1 aliphatic heterocycles. The largest absolute Gasteiger partial charge is 0.489 e. The number of para-hydroxylation sites is 1. The van der Waals surface area contributed by atoms with Gasteiger partial charge in [-0.05, 0) is 12.1 Å². The molecule has 2 N–H and O–H groups in total. The molecule has 9 heteroatoms. The van der Waals surface area contributed by atoms with E-state index in [4.69, 9.17) is 21.5 Å². The van der Waals surface area contributed by atoms with E-state index in [1.165, 1.54) is 6.20 Å². The number of nitrogens with zero attached hydrogens (tertiary/aromatic N) is 2. The number of sulfonamides is 1. The molecule has 3 rings (SSSR count). The molecule has 0 saturated carbocycles. The Kier molecular flexibility index (Phi) is 4.77. The first-order valence-corrected chi connectivity index (χ1v) is 9.82. The number of primary sulfonamides is 1. The summed E-state index contributed by atoms with van der Waals surface area (Å²) in [5.41, 5.74) is 0. The fourth-order valence-electron chi connectivity index (χ4n) is 2.41. The summed E-state index contributed by atoms with van der Waals surface area (Å²) < 4.78 is 28.7. The molecule has 124 valence electrons. The Morgan fingerprint density at radius 3 is 2.61 bits per heavy atom. The molecule has 0 spiro atoms. The van der Waals surface area contributed by atoms with Gasteiger partial charge >= 0.3 is 0 Å². The smallest absolute Gasteiger partial charge is 0.249 e. The minimum absolute atomic E-state index is 0.0851. The van der Waals surface area contributed by atoms with E-state index < -0.39 is 10.0 Å². The van der Waals surface area contributed by atoms with Gasteiger partial charge in [0, 0.05) is 25.9 Å². The van der Waals surface area contributed by atoms with Gasteiger partial charge in [-0.1, -0.05) is 35.1 Å². The summed E-state index contributed by atoms with van der Waals surface area (Å²) in [6.07, 6.45) is 3.02. The summed E-state index contributed by atoms with van der Waals surface area (Å²) in [4.78, 5) is 6.20. The second-order valence-corrected chi connectivity index (χ2v) is 8.45. The Hall–Kier alpha value is -1.35. The van der Waals surface area contributed by atoms with E-state index in [1.54, 1.807) is 6.07 Å². The molecule has 2 heterocycles. The maximum atomic E-state index is 11.3. The van der Waals surface area contributed by atoms with Gasteiger partial charge in [-0.15, -0.1) is 0 Å². The summed E-state index contributed by atoms with van der Waals surface area (Å²) in [6.45, 7) is 1.49. The number of rotatable bonds is 4. The molecule has 1 aliphatic rings. The van der Waals surface area contributed by atoms with E-state index in [9.17, 15) is 8.42 Å². The predicted octanol–water partition coefficient (Wildman–Crippen LogP) is 2.49. The second kappa shape index (κ2) is 6.64. The molecule has 0 aliphatic carbocycles. The van der Waals surface area contributed by atoms with Crippen LogP contribution in [0.15, 0.2) is 34.7 Å². The number of aromatic nitrogens is 1. The van der Waals surface area contributed by atoms with Crippen LogP contribution in [-0.2, 0) is 10.0 Å². The van der Waals surface area contributed by atoms with E-state index in [0.717, 1.165) is 37.3 Å². The van der Waals surface area contributed by atoms with Crippen molar-refractivity contribution in [2.24, 2.45) is 5.14 Å². The van der Waals surface area contributed by atoms with E-state index in [2.05, 4.69) is 4.98 Å². The number of halogens is 1. The molecule has 2 aromatic rings. The summed E-state index contributed by atoms with van der Waals surface area (Å²) in [5, 5.41) is 6.39. The summed E-state index contributed by atoms with van der Waals surface area (Å²) in [6, 6.07) is 7.41. The first kappa shape index (κ1) is 16.5. The third-order valence-electron chi connectivity index (χ3n) is 3.60. The standard InChI is InChI=1S/C14H16ClN3O3S2/c15-11-3-1-2-4-12(11)21-10-5-7-18(8-6-10)14-17-9-13(22-14)23(16,19)20/h1-4,9-10H,5-8H2,(H2,16,19,20). The van der Waals surface area contributed by atoms with Crippen molar-refractivity contribution in [2.75, 3.05) is 18.0 Å². The van der Waals surface area contributed by atoms with Crippen LogP contribution in [0.5, 0.6) is 5.75 Å². The Balaban J connectivity index is 1.60. The van der Waals surface area contributed by atoms with Crippen molar-refractivity contribution < 1.29 is 13.2 Å². The molecule has 1 saturated heterocycles. The summed E-state index contributed by atoms with van der Waals surface area (Å²) in [5.74, 6) is 0.693. The Morgan fingerprint density at radius 2 is 2.00 bits per heavy atom. The van der Waals surface area contributed by atoms with E-state index in [1.807, 2.05) is 23.1 Å². The second-order valence-electron chi connectivity index (χ2n) is 5.24. The van der Waals surface area contributed by atoms with Gasteiger partial charge in [0.05, 0.1) is 11.2 Å². The van der Waals surface area contributed by atoms with E-state index in [0.29, 0.717) is 15.9 Å². The third-order valence-corrected chi connectivity index (χ3v) is 6.37. The fourth-order valence-corrected chi connectivity index (χ4v) is 4.18. The van der Waals surface area contributed by atoms with Gasteiger partial charge in [-0.25, -0.2) is 18.5 Å².